The van der Waals surface area contributed by atoms with E-state index >= 15 is 0 Å². The van der Waals surface area contributed by atoms with Crippen molar-refractivity contribution < 1.29 is 13.1 Å². The summed E-state index contributed by atoms with van der Waals surface area (Å²) in [6.07, 6.45) is 4.72. The molecule has 2 rings (SSSR count). The molecular weight excluding hydrogens is 201 g/mol. The quantitative estimate of drug-likeness (QED) is 0.503. The Morgan fingerprint density at radius 1 is 1.50 bits per heavy atom. The zero-order chi connectivity index (χ0) is 14.2. The zero-order valence-corrected chi connectivity index (χ0v) is 9.00. The van der Waals surface area contributed by atoms with Crippen molar-refractivity contribution in [2.75, 3.05) is 0 Å². The lowest BCUT2D eigenvalue weighted by Gasteiger charge is -2.19. The van der Waals surface area contributed by atoms with E-state index < -0.39 is 6.85 Å². The van der Waals surface area contributed by atoms with Gasteiger partial charge in [0.25, 0.3) is 0 Å². The van der Waals surface area contributed by atoms with Crippen molar-refractivity contribution in [3.63, 3.8) is 0 Å². The highest BCUT2D eigenvalue weighted by Gasteiger charge is 2.16. The maximum absolute atomic E-state index is 13.1. The van der Waals surface area contributed by atoms with Crippen molar-refractivity contribution in [3.8, 4) is 0 Å². The van der Waals surface area contributed by atoms with E-state index in [-0.39, 0.29) is 11.4 Å². The van der Waals surface area contributed by atoms with E-state index in [9.17, 15) is 4.39 Å². The minimum atomic E-state index is -2.16. The molecule has 0 aromatic heterocycles. The van der Waals surface area contributed by atoms with Gasteiger partial charge in [0.1, 0.15) is 18.1 Å². The first-order chi connectivity index (χ1) is 8.79. The first-order valence-electron chi connectivity index (χ1n) is 6.42. The molecule has 16 heavy (non-hydrogen) atoms. The van der Waals surface area contributed by atoms with E-state index in [2.05, 4.69) is 6.72 Å². The third-order valence-electron chi connectivity index (χ3n) is 2.49. The average Bonchev–Trinajstić information content (AvgIpc) is 2.28. The molecule has 0 spiro atoms. The number of aryl methyl sites for hydroxylation is 1. The summed E-state index contributed by atoms with van der Waals surface area (Å²) in [6, 6.07) is 5.22. The summed E-state index contributed by atoms with van der Waals surface area (Å²) < 4.78 is 36.7. The summed E-state index contributed by atoms with van der Waals surface area (Å²) in [5.74, 6) is -0.295. The minimum absolute atomic E-state index is 0.228. The SMILES string of the molecule is [2H]C([2H])([2H])C1=C[N+](=C)[C-](c2ccc(F)cc2C)C=C1. The first-order valence-corrected chi connectivity index (χ1v) is 4.92. The molecule has 0 saturated heterocycles. The Labute approximate surface area is 99.5 Å². The lowest BCUT2D eigenvalue weighted by Crippen LogP contribution is -2.15. The van der Waals surface area contributed by atoms with Gasteiger partial charge in [-0.05, 0) is 24.1 Å². The highest BCUT2D eigenvalue weighted by Crippen LogP contribution is 2.25. The van der Waals surface area contributed by atoms with Gasteiger partial charge in [-0.1, -0.05) is 30.7 Å². The fourth-order valence-electron chi connectivity index (χ4n) is 1.70. The highest BCUT2D eigenvalue weighted by atomic mass is 19.1. The first kappa shape index (κ1) is 7.44. The van der Waals surface area contributed by atoms with Crippen molar-refractivity contribution in [2.45, 2.75) is 13.8 Å². The van der Waals surface area contributed by atoms with Crippen LogP contribution in [-0.2, 0) is 0 Å². The van der Waals surface area contributed by atoms with Crippen LogP contribution in [0, 0.1) is 18.8 Å². The van der Waals surface area contributed by atoms with Crippen LogP contribution in [0.4, 0.5) is 4.39 Å². The van der Waals surface area contributed by atoms with E-state index in [0.717, 1.165) is 17.2 Å². The second kappa shape index (κ2) is 3.97. The van der Waals surface area contributed by atoms with Crippen LogP contribution in [0.5, 0.6) is 0 Å². The largest absolute Gasteiger partial charge is 0.255 e. The van der Waals surface area contributed by atoms with Gasteiger partial charge >= 0.3 is 0 Å². The fourth-order valence-corrected chi connectivity index (χ4v) is 1.70. The molecular formula is C14H14FN. The van der Waals surface area contributed by atoms with E-state index in [1.54, 1.807) is 25.1 Å². The molecule has 0 unspecified atom stereocenters. The van der Waals surface area contributed by atoms with Crippen molar-refractivity contribution in [1.82, 2.24) is 0 Å². The van der Waals surface area contributed by atoms with Crippen LogP contribution in [0.25, 0.3) is 0 Å². The van der Waals surface area contributed by atoms with Crippen LogP contribution in [0.3, 0.4) is 0 Å². The Morgan fingerprint density at radius 3 is 2.94 bits per heavy atom. The summed E-state index contributed by atoms with van der Waals surface area (Å²) >= 11 is 0. The van der Waals surface area contributed by atoms with E-state index in [0.29, 0.717) is 0 Å². The van der Waals surface area contributed by atoms with Gasteiger partial charge < -0.3 is 0 Å². The fraction of sp³-hybridized carbons (Fsp3) is 0.143. The maximum Gasteiger partial charge on any atom is 0.147 e. The Morgan fingerprint density at radius 2 is 2.31 bits per heavy atom. The van der Waals surface area contributed by atoms with Gasteiger partial charge in [0.15, 0.2) is 0 Å². The monoisotopic (exact) mass is 218 g/mol. The normalized spacial score (nSPS) is 18.9. The van der Waals surface area contributed by atoms with Gasteiger partial charge in [0.2, 0.25) is 0 Å². The molecule has 82 valence electrons. The van der Waals surface area contributed by atoms with Gasteiger partial charge in [-0.15, -0.1) is 6.08 Å². The van der Waals surface area contributed by atoms with Crippen LogP contribution in [0.1, 0.15) is 22.1 Å². The van der Waals surface area contributed by atoms with Crippen LogP contribution in [0.15, 0.2) is 42.1 Å². The van der Waals surface area contributed by atoms with Gasteiger partial charge in [-0.3, -0.25) is 4.58 Å². The average molecular weight is 218 g/mol. The van der Waals surface area contributed by atoms with Crippen LogP contribution >= 0.6 is 0 Å². The molecule has 1 aliphatic heterocycles. The Hall–Kier alpha value is -1.83. The maximum atomic E-state index is 13.1. The Balaban J connectivity index is 2.34. The Bertz CT molecular complexity index is 585. The number of hydrogen-bond acceptors (Lipinski definition) is 0. The molecule has 1 nitrogen and oxygen atoms in total. The molecule has 1 aromatic rings. The second-order valence-corrected chi connectivity index (χ2v) is 3.73. The highest BCUT2D eigenvalue weighted by molar-refractivity contribution is 5.43. The van der Waals surface area contributed by atoms with Gasteiger partial charge in [0.05, 0.1) is 6.72 Å². The number of rotatable bonds is 1. The molecule has 0 radical (unpaired) electrons. The standard InChI is InChI=1S/C14H14FN/c1-10-4-7-14(16(3)9-10)13-6-5-12(15)8-11(13)2/h4-9H,3H2,1-2H3/i1D3. The van der Waals surface area contributed by atoms with Crippen molar-refractivity contribution in [1.29, 1.82) is 0 Å². The van der Waals surface area contributed by atoms with Crippen LogP contribution < -0.4 is 0 Å². The molecule has 0 N–H and O–H groups in total. The number of hydrogen-bond donors (Lipinski definition) is 0. The molecule has 1 aliphatic rings. The van der Waals surface area contributed by atoms with E-state index in [4.69, 9.17) is 4.11 Å². The summed E-state index contributed by atoms with van der Waals surface area (Å²) in [6.45, 7) is 3.45. The lowest BCUT2D eigenvalue weighted by molar-refractivity contribution is -0.418. The van der Waals surface area contributed by atoms with Crippen molar-refractivity contribution in [2.24, 2.45) is 0 Å². The number of benzene rings is 1. The molecule has 1 aromatic carbocycles. The van der Waals surface area contributed by atoms with Gasteiger partial charge in [-0.25, -0.2) is 4.39 Å². The third kappa shape index (κ3) is 1.91. The zero-order valence-electron chi connectivity index (χ0n) is 12.0. The van der Waals surface area contributed by atoms with Crippen molar-refractivity contribution in [3.05, 3.63) is 65.1 Å². The third-order valence-corrected chi connectivity index (χ3v) is 2.49. The topological polar surface area (TPSA) is 3.01 Å². The molecule has 0 bridgehead atoms. The second-order valence-electron chi connectivity index (χ2n) is 3.73. The molecule has 0 fully saturated rings. The summed E-state index contributed by atoms with van der Waals surface area (Å²) in [5, 5.41) is 0. The molecule has 2 heteroatoms. The predicted molar refractivity (Wildman–Crippen MR) is 63.8 cm³/mol. The molecule has 0 atom stereocenters. The van der Waals surface area contributed by atoms with E-state index in [1.165, 1.54) is 22.9 Å². The summed E-state index contributed by atoms with van der Waals surface area (Å²) in [7, 11) is 0. The lowest BCUT2D eigenvalue weighted by atomic mass is 9.98. The molecule has 1 heterocycles. The van der Waals surface area contributed by atoms with Crippen LogP contribution in [0.2, 0.25) is 0 Å². The molecule has 0 aliphatic carbocycles. The molecule has 0 amide bonds. The van der Waals surface area contributed by atoms with Gasteiger partial charge in [0, 0.05) is 4.11 Å². The smallest absolute Gasteiger partial charge is 0.147 e. The van der Waals surface area contributed by atoms with Crippen LogP contribution in [-0.4, -0.2) is 11.3 Å². The Kier molecular flexibility index (Phi) is 1.85. The molecule has 0 saturated carbocycles. The van der Waals surface area contributed by atoms with Crippen molar-refractivity contribution >= 4 is 6.72 Å². The number of allylic oxidation sites excluding steroid dienone is 2. The van der Waals surface area contributed by atoms with Gasteiger partial charge in [-0.2, -0.15) is 0 Å². The predicted octanol–water partition coefficient (Wildman–Crippen LogP) is 3.20. The summed E-state index contributed by atoms with van der Waals surface area (Å²) in [4.78, 5) is 0. The number of halogens is 1. The summed E-state index contributed by atoms with van der Waals surface area (Å²) in [5.41, 5.74) is 1.83. The number of nitrogens with zero attached hydrogens (tertiary/aromatic N) is 1. The minimum Gasteiger partial charge on any atom is -0.255 e. The van der Waals surface area contributed by atoms with E-state index in [1.807, 2.05) is 0 Å².